The topological polar surface area (TPSA) is 35.6 Å². The summed E-state index contributed by atoms with van der Waals surface area (Å²) in [5.41, 5.74) is 1.46. The van der Waals surface area contributed by atoms with Crippen molar-refractivity contribution in [3.05, 3.63) is 88.1 Å². The fourth-order valence-electron chi connectivity index (χ4n) is 4.08. The highest BCUT2D eigenvalue weighted by molar-refractivity contribution is 7.10. The van der Waals surface area contributed by atoms with Crippen LogP contribution in [0.15, 0.2) is 66.0 Å². The minimum atomic E-state index is -0.361. The number of anilines is 1. The molecule has 1 fully saturated rings. The highest BCUT2D eigenvalue weighted by Crippen LogP contribution is 2.30. The normalized spacial score (nSPS) is 16.7. The van der Waals surface area contributed by atoms with Gasteiger partial charge >= 0.3 is 0 Å². The van der Waals surface area contributed by atoms with E-state index in [1.54, 1.807) is 11.3 Å². The van der Waals surface area contributed by atoms with Crippen molar-refractivity contribution < 1.29 is 13.6 Å². The molecule has 2 atom stereocenters. The van der Waals surface area contributed by atoms with Crippen molar-refractivity contribution >= 4 is 22.9 Å². The molecular weight excluding hydrogens is 416 g/mol. The van der Waals surface area contributed by atoms with E-state index >= 15 is 0 Å². The van der Waals surface area contributed by atoms with Crippen LogP contribution in [0.4, 0.5) is 14.5 Å². The van der Waals surface area contributed by atoms with Gasteiger partial charge in [-0.3, -0.25) is 9.69 Å². The molecule has 3 aromatic rings. The molecule has 1 aromatic heterocycles. The fourth-order valence-corrected chi connectivity index (χ4v) is 5.05. The average Bonchev–Trinajstić information content (AvgIpc) is 3.30. The maximum absolute atomic E-state index is 13.2. The molecule has 0 aliphatic carbocycles. The van der Waals surface area contributed by atoms with Crippen LogP contribution in [-0.4, -0.2) is 43.0 Å². The highest BCUT2D eigenvalue weighted by atomic mass is 32.1. The van der Waals surface area contributed by atoms with Gasteiger partial charge in [-0.15, -0.1) is 11.3 Å². The molecule has 0 saturated carbocycles. The van der Waals surface area contributed by atoms with E-state index in [9.17, 15) is 13.6 Å². The number of hydrogen-bond donors (Lipinski definition) is 1. The van der Waals surface area contributed by atoms with Gasteiger partial charge in [0, 0.05) is 48.3 Å². The molecule has 2 heterocycles. The number of halogens is 2. The van der Waals surface area contributed by atoms with Crippen molar-refractivity contribution in [3.8, 4) is 0 Å². The van der Waals surface area contributed by atoms with E-state index < -0.39 is 0 Å². The fraction of sp³-hybridized carbons (Fsp3) is 0.292. The van der Waals surface area contributed by atoms with Gasteiger partial charge in [0.05, 0.1) is 6.04 Å². The second kappa shape index (κ2) is 9.58. The van der Waals surface area contributed by atoms with E-state index in [1.807, 2.05) is 30.5 Å². The van der Waals surface area contributed by atoms with Crippen molar-refractivity contribution in [2.24, 2.45) is 0 Å². The number of carbonyl (C=O) groups excluding carboxylic acids is 1. The Bertz CT molecular complexity index is 985. The number of nitrogens with zero attached hydrogens (tertiary/aromatic N) is 2. The zero-order chi connectivity index (χ0) is 21.8. The van der Waals surface area contributed by atoms with Crippen LogP contribution in [0.2, 0.25) is 0 Å². The molecule has 2 aromatic carbocycles. The molecule has 1 aliphatic heterocycles. The van der Waals surface area contributed by atoms with Crippen molar-refractivity contribution in [1.82, 2.24) is 10.2 Å². The first-order valence-corrected chi connectivity index (χ1v) is 11.2. The van der Waals surface area contributed by atoms with Crippen LogP contribution in [0.5, 0.6) is 0 Å². The van der Waals surface area contributed by atoms with Crippen LogP contribution in [0.3, 0.4) is 0 Å². The number of rotatable bonds is 6. The van der Waals surface area contributed by atoms with Crippen LogP contribution in [0.25, 0.3) is 0 Å². The molecule has 1 aliphatic rings. The van der Waals surface area contributed by atoms with Gasteiger partial charge in [-0.1, -0.05) is 6.07 Å². The molecule has 0 radical (unpaired) electrons. The Morgan fingerprint density at radius 2 is 1.55 bits per heavy atom. The summed E-state index contributed by atoms with van der Waals surface area (Å²) in [4.78, 5) is 18.5. The zero-order valence-electron chi connectivity index (χ0n) is 17.3. The van der Waals surface area contributed by atoms with E-state index in [2.05, 4.69) is 21.2 Å². The first kappa shape index (κ1) is 21.5. The second-order valence-electron chi connectivity index (χ2n) is 7.73. The largest absolute Gasteiger partial charge is 0.369 e. The van der Waals surface area contributed by atoms with E-state index in [0.29, 0.717) is 5.56 Å². The number of piperazine rings is 1. The molecule has 0 unspecified atom stereocenters. The molecule has 7 heteroatoms. The number of carbonyl (C=O) groups is 1. The first-order chi connectivity index (χ1) is 15.0. The molecular formula is C24H25F2N3OS. The lowest BCUT2D eigenvalue weighted by molar-refractivity contribution is 0.0890. The lowest BCUT2D eigenvalue weighted by atomic mass is 10.0. The lowest BCUT2D eigenvalue weighted by Crippen LogP contribution is -2.52. The summed E-state index contributed by atoms with van der Waals surface area (Å²) < 4.78 is 26.4. The monoisotopic (exact) mass is 441 g/mol. The van der Waals surface area contributed by atoms with Gasteiger partial charge < -0.3 is 10.2 Å². The standard InChI is InChI=1S/C24H25F2N3OS/c1-17(27-24(30)18-4-6-19(25)7-5-18)23(22-3-2-16-31-22)29-14-12-28(13-15-29)21-10-8-20(26)9-11-21/h2-11,16-17,23H,12-15H2,1H3,(H,27,30)/t17-,23+/m1/s1. The number of amides is 1. The molecule has 1 saturated heterocycles. The van der Waals surface area contributed by atoms with Gasteiger partial charge in [0.25, 0.3) is 5.91 Å². The maximum Gasteiger partial charge on any atom is 0.251 e. The Balaban J connectivity index is 1.45. The number of hydrogen-bond acceptors (Lipinski definition) is 4. The molecule has 1 N–H and O–H groups in total. The summed E-state index contributed by atoms with van der Waals surface area (Å²) in [5.74, 6) is -0.801. The second-order valence-corrected chi connectivity index (χ2v) is 8.71. The minimum absolute atomic E-state index is 0.0415. The third-order valence-corrected chi connectivity index (χ3v) is 6.62. The quantitative estimate of drug-likeness (QED) is 0.602. The summed E-state index contributed by atoms with van der Waals surface area (Å²) >= 11 is 1.68. The molecule has 0 spiro atoms. The lowest BCUT2D eigenvalue weighted by Gasteiger charge is -2.42. The van der Waals surface area contributed by atoms with Gasteiger partial charge in [0.1, 0.15) is 11.6 Å². The van der Waals surface area contributed by atoms with Crippen LogP contribution in [0, 0.1) is 11.6 Å². The summed E-state index contributed by atoms with van der Waals surface area (Å²) in [6, 6.07) is 16.2. The van der Waals surface area contributed by atoms with Gasteiger partial charge in [0.2, 0.25) is 0 Å². The Morgan fingerprint density at radius 3 is 2.13 bits per heavy atom. The predicted octanol–water partition coefficient (Wildman–Crippen LogP) is 4.71. The van der Waals surface area contributed by atoms with E-state index in [-0.39, 0.29) is 29.6 Å². The zero-order valence-corrected chi connectivity index (χ0v) is 18.1. The molecule has 4 nitrogen and oxygen atoms in total. The Kier molecular flexibility index (Phi) is 6.63. The van der Waals surface area contributed by atoms with Crippen molar-refractivity contribution in [2.45, 2.75) is 19.0 Å². The van der Waals surface area contributed by atoms with Crippen LogP contribution in [-0.2, 0) is 0 Å². The van der Waals surface area contributed by atoms with Gasteiger partial charge in [-0.25, -0.2) is 8.78 Å². The summed E-state index contributed by atoms with van der Waals surface area (Å²) in [5, 5.41) is 5.15. The summed E-state index contributed by atoms with van der Waals surface area (Å²) in [6.45, 7) is 5.32. The van der Waals surface area contributed by atoms with Crippen molar-refractivity contribution in [1.29, 1.82) is 0 Å². The third-order valence-electron chi connectivity index (χ3n) is 5.67. The van der Waals surface area contributed by atoms with Crippen LogP contribution < -0.4 is 10.2 Å². The molecule has 31 heavy (non-hydrogen) atoms. The maximum atomic E-state index is 13.2. The molecule has 4 rings (SSSR count). The average molecular weight is 442 g/mol. The summed E-state index contributed by atoms with van der Waals surface area (Å²) in [7, 11) is 0. The third kappa shape index (κ3) is 5.11. The number of nitrogens with one attached hydrogen (secondary N) is 1. The first-order valence-electron chi connectivity index (χ1n) is 10.4. The van der Waals surface area contributed by atoms with Crippen molar-refractivity contribution in [3.63, 3.8) is 0 Å². The minimum Gasteiger partial charge on any atom is -0.369 e. The molecule has 162 valence electrons. The van der Waals surface area contributed by atoms with E-state index in [1.165, 1.54) is 41.3 Å². The Hall–Kier alpha value is -2.77. The molecule has 0 bridgehead atoms. The van der Waals surface area contributed by atoms with Gasteiger partial charge in [-0.05, 0) is 66.9 Å². The highest BCUT2D eigenvalue weighted by Gasteiger charge is 2.31. The predicted molar refractivity (Wildman–Crippen MR) is 121 cm³/mol. The van der Waals surface area contributed by atoms with Crippen LogP contribution in [0.1, 0.15) is 28.2 Å². The number of benzene rings is 2. The Labute approximate surface area is 185 Å². The Morgan fingerprint density at radius 1 is 0.935 bits per heavy atom. The van der Waals surface area contributed by atoms with Gasteiger partial charge in [-0.2, -0.15) is 0 Å². The van der Waals surface area contributed by atoms with E-state index in [0.717, 1.165) is 31.9 Å². The summed E-state index contributed by atoms with van der Waals surface area (Å²) in [6.07, 6.45) is 0. The SMILES string of the molecule is C[C@@H](NC(=O)c1ccc(F)cc1)[C@@H](c1cccs1)N1CCN(c2ccc(F)cc2)CC1. The van der Waals surface area contributed by atoms with E-state index in [4.69, 9.17) is 0 Å². The van der Waals surface area contributed by atoms with Crippen LogP contribution >= 0.6 is 11.3 Å². The smallest absolute Gasteiger partial charge is 0.251 e. The molecule has 1 amide bonds. The number of thiophene rings is 1. The van der Waals surface area contributed by atoms with Gasteiger partial charge in [0.15, 0.2) is 0 Å². The van der Waals surface area contributed by atoms with Crippen molar-refractivity contribution in [2.75, 3.05) is 31.1 Å².